The molecule has 2 aliphatic carbocycles. The number of rotatable bonds is 4. The minimum atomic E-state index is -0.0196. The summed E-state index contributed by atoms with van der Waals surface area (Å²) in [6.45, 7) is 0.701. The lowest BCUT2D eigenvalue weighted by Gasteiger charge is -2.43. The fourth-order valence-electron chi connectivity index (χ4n) is 4.76. The first kappa shape index (κ1) is 17.0. The largest absolute Gasteiger partial charge is 0.380 e. The number of hydrogen-bond acceptors (Lipinski definition) is 3. The van der Waals surface area contributed by atoms with Crippen LogP contribution in [0, 0.1) is 11.3 Å². The lowest BCUT2D eigenvalue weighted by atomic mass is 9.66. The Balaban J connectivity index is 1.56. The van der Waals surface area contributed by atoms with Crippen LogP contribution in [0.2, 0.25) is 0 Å². The van der Waals surface area contributed by atoms with Crippen molar-refractivity contribution in [2.24, 2.45) is 5.92 Å². The lowest BCUT2D eigenvalue weighted by Crippen LogP contribution is -2.52. The summed E-state index contributed by atoms with van der Waals surface area (Å²) in [7, 11) is 0. The molecule has 0 saturated carbocycles. The number of benzene rings is 2. The van der Waals surface area contributed by atoms with Gasteiger partial charge in [-0.3, -0.25) is 10.2 Å². The van der Waals surface area contributed by atoms with Gasteiger partial charge in [0.15, 0.2) is 0 Å². The van der Waals surface area contributed by atoms with Gasteiger partial charge in [0.2, 0.25) is 0 Å². The van der Waals surface area contributed by atoms with Crippen molar-refractivity contribution in [2.45, 2.75) is 25.3 Å². The first-order valence-electron chi connectivity index (χ1n) is 9.95. The second-order valence-corrected chi connectivity index (χ2v) is 7.67. The molecule has 0 saturated heterocycles. The monoisotopic (exact) mass is 369 g/mol. The van der Waals surface area contributed by atoms with Crippen molar-refractivity contribution in [1.82, 2.24) is 10.6 Å². The van der Waals surface area contributed by atoms with E-state index in [0.717, 1.165) is 41.5 Å². The second kappa shape index (κ2) is 6.79. The van der Waals surface area contributed by atoms with Crippen LogP contribution in [-0.2, 0) is 11.2 Å². The van der Waals surface area contributed by atoms with Gasteiger partial charge in [0, 0.05) is 24.1 Å². The third-order valence-electron chi connectivity index (χ3n) is 6.04. The van der Waals surface area contributed by atoms with Crippen molar-refractivity contribution in [1.29, 1.82) is 5.41 Å². The number of amides is 1. The van der Waals surface area contributed by atoms with Gasteiger partial charge in [0.1, 0.15) is 5.70 Å². The van der Waals surface area contributed by atoms with Crippen molar-refractivity contribution in [2.75, 3.05) is 6.54 Å². The average Bonchev–Trinajstić information content (AvgIpc) is 2.73. The standard InChI is InChI=1S/C24H23N3O/c25-22-17-10-5-4-9-16(17)21-20-18(22)11-6-12-19(20)27-24(28)23(21)26-14-13-15-7-2-1-3-8-15/h1-5,7-11,19-20,25-26H,6,12-14H2,(H,27,28)/t19?,20-/m0/s1. The van der Waals surface area contributed by atoms with Crippen LogP contribution in [0.25, 0.3) is 5.57 Å². The third kappa shape index (κ3) is 2.68. The van der Waals surface area contributed by atoms with E-state index in [1.165, 1.54) is 5.56 Å². The first-order chi connectivity index (χ1) is 13.7. The molecule has 0 radical (unpaired) electrons. The van der Waals surface area contributed by atoms with E-state index in [2.05, 4.69) is 34.9 Å². The van der Waals surface area contributed by atoms with Crippen molar-refractivity contribution < 1.29 is 4.79 Å². The fourth-order valence-corrected chi connectivity index (χ4v) is 4.76. The average molecular weight is 369 g/mol. The molecule has 0 spiro atoms. The summed E-state index contributed by atoms with van der Waals surface area (Å²) < 4.78 is 0. The molecule has 3 aliphatic rings. The number of hydrogen-bond donors (Lipinski definition) is 3. The summed E-state index contributed by atoms with van der Waals surface area (Å²) in [5.41, 5.74) is 6.61. The Labute approximate surface area is 164 Å². The highest BCUT2D eigenvalue weighted by molar-refractivity contribution is 6.20. The molecule has 1 unspecified atom stereocenters. The summed E-state index contributed by atoms with van der Waals surface area (Å²) >= 11 is 0. The van der Waals surface area contributed by atoms with Crippen LogP contribution in [0.3, 0.4) is 0 Å². The molecule has 0 fully saturated rings. The minimum absolute atomic E-state index is 0.0196. The smallest absolute Gasteiger partial charge is 0.267 e. The zero-order valence-electron chi connectivity index (χ0n) is 15.7. The van der Waals surface area contributed by atoms with Crippen molar-refractivity contribution in [3.8, 4) is 0 Å². The summed E-state index contributed by atoms with van der Waals surface area (Å²) in [5.74, 6) is 0.0573. The topological polar surface area (TPSA) is 65.0 Å². The highest BCUT2D eigenvalue weighted by Crippen LogP contribution is 2.46. The van der Waals surface area contributed by atoms with Crippen LogP contribution < -0.4 is 10.6 Å². The Hall–Kier alpha value is -3.14. The molecule has 2 aromatic carbocycles. The maximum absolute atomic E-state index is 13.0. The molecule has 3 N–H and O–H groups in total. The molecule has 2 atom stereocenters. The zero-order chi connectivity index (χ0) is 19.1. The van der Waals surface area contributed by atoms with Crippen molar-refractivity contribution >= 4 is 17.2 Å². The van der Waals surface area contributed by atoms with Gasteiger partial charge in [-0.05, 0) is 41.5 Å². The molecular formula is C24H23N3O. The number of allylic oxidation sites excluding steroid dienone is 1. The molecule has 4 heteroatoms. The van der Waals surface area contributed by atoms with Gasteiger partial charge in [0.25, 0.3) is 5.91 Å². The van der Waals surface area contributed by atoms with E-state index in [9.17, 15) is 4.79 Å². The molecule has 28 heavy (non-hydrogen) atoms. The van der Waals surface area contributed by atoms with Crippen molar-refractivity contribution in [3.05, 3.63) is 88.6 Å². The Bertz CT molecular complexity index is 1020. The van der Waals surface area contributed by atoms with Gasteiger partial charge in [0.05, 0.1) is 5.71 Å². The number of fused-ring (bicyclic) bond motifs is 2. The quantitative estimate of drug-likeness (QED) is 0.773. The lowest BCUT2D eigenvalue weighted by molar-refractivity contribution is -0.119. The summed E-state index contributed by atoms with van der Waals surface area (Å²) in [4.78, 5) is 13.0. The molecule has 0 aromatic heterocycles. The molecule has 2 aromatic rings. The van der Waals surface area contributed by atoms with E-state index in [1.54, 1.807) is 0 Å². The summed E-state index contributed by atoms with van der Waals surface area (Å²) in [5, 5.41) is 15.4. The summed E-state index contributed by atoms with van der Waals surface area (Å²) in [6, 6.07) is 18.4. The molecule has 1 amide bonds. The van der Waals surface area contributed by atoms with Crippen LogP contribution >= 0.6 is 0 Å². The number of nitrogens with one attached hydrogen (secondary N) is 3. The molecule has 4 nitrogen and oxygen atoms in total. The van der Waals surface area contributed by atoms with E-state index < -0.39 is 0 Å². The van der Waals surface area contributed by atoms with E-state index >= 15 is 0 Å². The maximum atomic E-state index is 13.0. The molecular weight excluding hydrogens is 346 g/mol. The third-order valence-corrected chi connectivity index (χ3v) is 6.04. The highest BCUT2D eigenvalue weighted by atomic mass is 16.2. The molecule has 140 valence electrons. The van der Waals surface area contributed by atoms with Gasteiger partial charge in [-0.15, -0.1) is 0 Å². The second-order valence-electron chi connectivity index (χ2n) is 7.67. The van der Waals surface area contributed by atoms with Crippen LogP contribution in [0.5, 0.6) is 0 Å². The Morgan fingerprint density at radius 2 is 1.79 bits per heavy atom. The Morgan fingerprint density at radius 3 is 2.61 bits per heavy atom. The molecule has 1 heterocycles. The van der Waals surface area contributed by atoms with Crippen LogP contribution in [0.4, 0.5) is 0 Å². The van der Waals surface area contributed by atoms with Gasteiger partial charge >= 0.3 is 0 Å². The fraction of sp³-hybridized carbons (Fsp3) is 0.250. The predicted molar refractivity (Wildman–Crippen MR) is 111 cm³/mol. The van der Waals surface area contributed by atoms with E-state index in [4.69, 9.17) is 5.41 Å². The Morgan fingerprint density at radius 1 is 1.04 bits per heavy atom. The van der Waals surface area contributed by atoms with Crippen LogP contribution in [-0.4, -0.2) is 24.2 Å². The van der Waals surface area contributed by atoms with Gasteiger partial charge in [-0.25, -0.2) is 0 Å². The maximum Gasteiger partial charge on any atom is 0.267 e. The van der Waals surface area contributed by atoms with E-state index in [-0.39, 0.29) is 17.9 Å². The highest BCUT2D eigenvalue weighted by Gasteiger charge is 2.44. The van der Waals surface area contributed by atoms with Crippen LogP contribution in [0.1, 0.15) is 29.5 Å². The minimum Gasteiger partial charge on any atom is -0.380 e. The van der Waals surface area contributed by atoms with Gasteiger partial charge in [-0.1, -0.05) is 60.7 Å². The number of carbonyl (C=O) groups is 1. The van der Waals surface area contributed by atoms with E-state index in [1.807, 2.05) is 36.4 Å². The van der Waals surface area contributed by atoms with Crippen LogP contribution in [0.15, 0.2) is 71.9 Å². The summed E-state index contributed by atoms with van der Waals surface area (Å²) in [6.07, 6.45) is 4.89. The molecule has 5 rings (SSSR count). The molecule has 0 bridgehead atoms. The normalized spacial score (nSPS) is 22.8. The Kier molecular flexibility index (Phi) is 4.12. The molecule has 1 aliphatic heterocycles. The van der Waals surface area contributed by atoms with Gasteiger partial charge < -0.3 is 10.6 Å². The van der Waals surface area contributed by atoms with Crippen molar-refractivity contribution in [3.63, 3.8) is 0 Å². The van der Waals surface area contributed by atoms with Gasteiger partial charge in [-0.2, -0.15) is 0 Å². The van der Waals surface area contributed by atoms with E-state index in [0.29, 0.717) is 18.0 Å². The SMILES string of the molecule is N=C1C2=CCCC3NC(=O)C(NCCc4ccccc4)=C(c4ccccc41)[C@@H]23. The first-order valence-corrected chi connectivity index (χ1v) is 9.95. The number of carbonyl (C=O) groups excluding carboxylic acids is 1. The predicted octanol–water partition coefficient (Wildman–Crippen LogP) is 3.45. The zero-order valence-corrected chi connectivity index (χ0v) is 15.7.